The topological polar surface area (TPSA) is 22.8 Å². The van der Waals surface area contributed by atoms with Crippen molar-refractivity contribution < 1.29 is 0 Å². The smallest absolute Gasteiger partial charge is 0.0723 e. The van der Waals surface area contributed by atoms with Crippen molar-refractivity contribution >= 4 is 75.1 Å². The summed E-state index contributed by atoms with van der Waals surface area (Å²) in [7, 11) is 0. The first kappa shape index (κ1) is 28.4. The summed E-state index contributed by atoms with van der Waals surface area (Å²) in [6.45, 7) is 0. The van der Waals surface area contributed by atoms with Gasteiger partial charge >= 0.3 is 0 Å². The number of rotatable bonds is 4. The van der Waals surface area contributed by atoms with Crippen molar-refractivity contribution in [1.82, 2.24) is 14.1 Å². The van der Waals surface area contributed by atoms with Gasteiger partial charge in [-0.1, -0.05) is 109 Å². The van der Waals surface area contributed by atoms with Crippen LogP contribution in [0.15, 0.2) is 176 Å². The zero-order valence-corrected chi connectivity index (χ0v) is 28.3. The predicted molar refractivity (Wildman–Crippen MR) is 217 cm³/mol. The molecule has 0 unspecified atom stereocenters. The molecule has 0 saturated carbocycles. The number of aromatic nitrogens is 3. The summed E-state index contributed by atoms with van der Waals surface area (Å²) >= 11 is 1.84. The minimum Gasteiger partial charge on any atom is -0.309 e. The number of hydrogen-bond acceptors (Lipinski definition) is 2. The van der Waals surface area contributed by atoms with Crippen molar-refractivity contribution in [2.24, 2.45) is 0 Å². The van der Waals surface area contributed by atoms with Crippen LogP contribution in [-0.2, 0) is 0 Å². The largest absolute Gasteiger partial charge is 0.309 e. The van der Waals surface area contributed by atoms with Crippen molar-refractivity contribution in [3.05, 3.63) is 176 Å². The van der Waals surface area contributed by atoms with Crippen LogP contribution in [0.5, 0.6) is 0 Å². The fraction of sp³-hybridized carbons (Fsp3) is 0. The van der Waals surface area contributed by atoms with Crippen LogP contribution in [0.2, 0.25) is 0 Å². The van der Waals surface area contributed by atoms with E-state index in [0.717, 1.165) is 28.3 Å². The van der Waals surface area contributed by atoms with E-state index in [1.54, 1.807) is 0 Å². The molecular formula is C47H29N3S. The molecule has 0 saturated heterocycles. The van der Waals surface area contributed by atoms with Crippen molar-refractivity contribution in [3.63, 3.8) is 0 Å². The Hall–Kier alpha value is -6.49. The Morgan fingerprint density at radius 2 is 0.922 bits per heavy atom. The van der Waals surface area contributed by atoms with Crippen LogP contribution in [0, 0.1) is 0 Å². The lowest BCUT2D eigenvalue weighted by Crippen LogP contribution is -1.96. The van der Waals surface area contributed by atoms with Crippen LogP contribution in [0.3, 0.4) is 0 Å². The first-order valence-electron chi connectivity index (χ1n) is 17.3. The molecule has 0 radical (unpaired) electrons. The van der Waals surface area contributed by atoms with Crippen LogP contribution in [0.4, 0.5) is 0 Å². The fourth-order valence-corrected chi connectivity index (χ4v) is 9.30. The number of hydrogen-bond donors (Lipinski definition) is 0. The number of benzene rings is 7. The molecule has 0 bridgehead atoms. The molecule has 4 aromatic heterocycles. The van der Waals surface area contributed by atoms with Gasteiger partial charge in [-0.05, 0) is 66.7 Å². The van der Waals surface area contributed by atoms with E-state index in [4.69, 9.17) is 4.98 Å². The summed E-state index contributed by atoms with van der Waals surface area (Å²) in [6.07, 6.45) is 0. The summed E-state index contributed by atoms with van der Waals surface area (Å²) < 4.78 is 7.38. The van der Waals surface area contributed by atoms with Gasteiger partial charge in [0.15, 0.2) is 0 Å². The summed E-state index contributed by atoms with van der Waals surface area (Å²) in [5, 5.41) is 7.59. The molecule has 0 spiro atoms. The Kier molecular flexibility index (Phi) is 6.12. The van der Waals surface area contributed by atoms with Crippen LogP contribution in [0.25, 0.3) is 97.7 Å². The normalized spacial score (nSPS) is 11.9. The third kappa shape index (κ3) is 4.27. The monoisotopic (exact) mass is 667 g/mol. The van der Waals surface area contributed by atoms with E-state index in [0.29, 0.717) is 0 Å². The van der Waals surface area contributed by atoms with Gasteiger partial charge in [0.1, 0.15) is 0 Å². The quantitative estimate of drug-likeness (QED) is 0.183. The highest BCUT2D eigenvalue weighted by molar-refractivity contribution is 7.26. The Labute approximate surface area is 297 Å². The van der Waals surface area contributed by atoms with Crippen LogP contribution in [-0.4, -0.2) is 14.1 Å². The zero-order valence-electron chi connectivity index (χ0n) is 27.5. The molecule has 11 aromatic rings. The van der Waals surface area contributed by atoms with Crippen molar-refractivity contribution in [3.8, 4) is 33.9 Å². The highest BCUT2D eigenvalue weighted by atomic mass is 32.1. The van der Waals surface area contributed by atoms with Gasteiger partial charge < -0.3 is 9.13 Å². The lowest BCUT2D eigenvalue weighted by atomic mass is 10.0. The lowest BCUT2D eigenvalue weighted by Gasteiger charge is -2.12. The molecule has 3 nitrogen and oxygen atoms in total. The standard InChI is InChI=1S/C47H29N3S/c1-5-22-42-33(14-1)34-15-2-6-23-43(34)50(42)32-26-27-45-39(29-32)35-16-3-7-24-44(35)49(45)31-13-9-12-30(28-31)40-20-11-21-41(48-40)38-19-10-18-37-36-17-4-8-25-46(36)51-47(37)38/h1-29H. The number of thiophene rings is 1. The van der Waals surface area contributed by atoms with Crippen LogP contribution >= 0.6 is 11.3 Å². The second kappa shape index (κ2) is 11.0. The summed E-state index contributed by atoms with van der Waals surface area (Å²) in [5.41, 5.74) is 11.3. The Balaban J connectivity index is 1.06. The molecule has 0 aliphatic rings. The van der Waals surface area contributed by atoms with E-state index in [1.165, 1.54) is 69.3 Å². The van der Waals surface area contributed by atoms with Gasteiger partial charge in [0.05, 0.1) is 33.5 Å². The maximum absolute atomic E-state index is 5.27. The van der Waals surface area contributed by atoms with Crippen molar-refractivity contribution in [2.45, 2.75) is 0 Å². The average molecular weight is 668 g/mol. The first-order valence-corrected chi connectivity index (χ1v) is 18.1. The number of fused-ring (bicyclic) bond motifs is 9. The summed E-state index contributed by atoms with van der Waals surface area (Å²) in [6, 6.07) is 63.5. The van der Waals surface area contributed by atoms with Gasteiger partial charge in [0.2, 0.25) is 0 Å². The van der Waals surface area contributed by atoms with Gasteiger partial charge in [-0.15, -0.1) is 11.3 Å². The Morgan fingerprint density at radius 3 is 1.67 bits per heavy atom. The van der Waals surface area contributed by atoms with E-state index < -0.39 is 0 Å². The third-order valence-electron chi connectivity index (χ3n) is 10.3. The molecule has 0 N–H and O–H groups in total. The maximum atomic E-state index is 5.27. The SMILES string of the molecule is c1cc(-c2cccc(-c3cccc4c3sc3ccccc34)n2)cc(-n2c3ccccc3c3cc(-n4c5ccccc5c5ccccc54)ccc32)c1. The van der Waals surface area contributed by atoms with Crippen molar-refractivity contribution in [1.29, 1.82) is 0 Å². The molecule has 0 atom stereocenters. The fourth-order valence-electron chi connectivity index (χ4n) is 8.08. The molecule has 7 aromatic carbocycles. The van der Waals surface area contributed by atoms with Gasteiger partial charge in [-0.2, -0.15) is 0 Å². The average Bonchev–Trinajstić information content (AvgIpc) is 3.86. The molecule has 238 valence electrons. The number of pyridine rings is 1. The van der Waals surface area contributed by atoms with E-state index in [2.05, 4.69) is 185 Å². The zero-order chi connectivity index (χ0) is 33.5. The summed E-state index contributed by atoms with van der Waals surface area (Å²) in [5.74, 6) is 0. The molecule has 4 heterocycles. The van der Waals surface area contributed by atoms with Crippen LogP contribution in [0.1, 0.15) is 0 Å². The molecule has 0 aliphatic heterocycles. The van der Waals surface area contributed by atoms with E-state index >= 15 is 0 Å². The Morgan fingerprint density at radius 1 is 0.373 bits per heavy atom. The second-order valence-corrected chi connectivity index (χ2v) is 14.2. The maximum Gasteiger partial charge on any atom is 0.0723 e. The number of para-hydroxylation sites is 3. The van der Waals surface area contributed by atoms with Gasteiger partial charge in [0.25, 0.3) is 0 Å². The van der Waals surface area contributed by atoms with Crippen molar-refractivity contribution in [2.75, 3.05) is 0 Å². The highest BCUT2D eigenvalue weighted by Crippen LogP contribution is 2.40. The second-order valence-electron chi connectivity index (χ2n) is 13.2. The molecule has 0 amide bonds. The molecular weight excluding hydrogens is 639 g/mol. The third-order valence-corrected chi connectivity index (χ3v) is 11.5. The predicted octanol–water partition coefficient (Wildman–Crippen LogP) is 13.0. The van der Waals surface area contributed by atoms with E-state index in [1.807, 2.05) is 11.3 Å². The molecule has 0 aliphatic carbocycles. The Bertz CT molecular complexity index is 3100. The van der Waals surface area contributed by atoms with Gasteiger partial charge in [0, 0.05) is 64.2 Å². The highest BCUT2D eigenvalue weighted by Gasteiger charge is 2.17. The minimum atomic E-state index is 0.960. The molecule has 0 fully saturated rings. The van der Waals surface area contributed by atoms with Crippen LogP contribution < -0.4 is 0 Å². The molecule has 51 heavy (non-hydrogen) atoms. The number of nitrogens with zero attached hydrogens (tertiary/aromatic N) is 3. The van der Waals surface area contributed by atoms with Gasteiger partial charge in [-0.3, -0.25) is 0 Å². The first-order chi connectivity index (χ1) is 25.3. The van der Waals surface area contributed by atoms with E-state index in [-0.39, 0.29) is 0 Å². The minimum absolute atomic E-state index is 0.960. The van der Waals surface area contributed by atoms with E-state index in [9.17, 15) is 0 Å². The summed E-state index contributed by atoms with van der Waals surface area (Å²) in [4.78, 5) is 5.27. The van der Waals surface area contributed by atoms with Gasteiger partial charge in [-0.25, -0.2) is 4.98 Å². The lowest BCUT2D eigenvalue weighted by molar-refractivity contribution is 1.16. The molecule has 11 rings (SSSR count). The molecule has 4 heteroatoms.